The molecule has 4 N–H and O–H groups in total. The van der Waals surface area contributed by atoms with Crippen molar-refractivity contribution in [2.24, 2.45) is 0 Å². The summed E-state index contributed by atoms with van der Waals surface area (Å²) in [4.78, 5) is 0. The monoisotopic (exact) mass is 849 g/mol. The molecule has 0 aliphatic carbocycles. The van der Waals surface area contributed by atoms with Gasteiger partial charge in [-0.25, -0.2) is 0 Å². The molecule has 13 heteroatoms. The number of hydrogen-bond donors (Lipinski definition) is 4. The van der Waals surface area contributed by atoms with Crippen molar-refractivity contribution in [1.29, 1.82) is 0 Å². The molecule has 0 heterocycles. The molecule has 0 radical (unpaired) electrons. The van der Waals surface area contributed by atoms with Crippen LogP contribution in [0.5, 0.6) is 0 Å². The van der Waals surface area contributed by atoms with Crippen LogP contribution in [0.25, 0.3) is 0 Å². The van der Waals surface area contributed by atoms with E-state index in [2.05, 4.69) is 52.6 Å². The Bertz CT molecular complexity index is 821. The molecule has 12 nitrogen and oxygen atoms in total. The van der Waals surface area contributed by atoms with Crippen molar-refractivity contribution in [3.8, 4) is 0 Å². The van der Waals surface area contributed by atoms with Gasteiger partial charge in [0.1, 0.15) is 24.4 Å². The molecule has 0 bridgehead atoms. The van der Waals surface area contributed by atoms with E-state index in [-0.39, 0.29) is 21.7 Å². The minimum Gasteiger partial charge on any atom is -0.388 e. The topological polar surface area (TPSA) is 155 Å². The summed E-state index contributed by atoms with van der Waals surface area (Å²) in [5.41, 5.74) is 0. The number of rotatable bonds is 32. The molecule has 0 amide bonds. The summed E-state index contributed by atoms with van der Waals surface area (Å²) in [7, 11) is 0. The molecular formula is C44H80O12Ti. The summed E-state index contributed by atoms with van der Waals surface area (Å²) in [6.07, 6.45) is 12.6. The molecule has 0 aromatic rings. The number of hydrogen-bond acceptors (Lipinski definition) is 12. The smallest absolute Gasteiger partial charge is 0.194 e. The zero-order valence-electron chi connectivity index (χ0n) is 36.6. The van der Waals surface area contributed by atoms with Crippen LogP contribution in [-0.4, -0.2) is 121 Å². The van der Waals surface area contributed by atoms with Crippen LogP contribution in [0.2, 0.25) is 0 Å². The van der Waals surface area contributed by atoms with E-state index in [1.807, 2.05) is 27.7 Å². The molecule has 0 aliphatic heterocycles. The predicted molar refractivity (Wildman–Crippen MR) is 228 cm³/mol. The largest absolute Gasteiger partial charge is 0.388 e. The Kier molecular flexibility index (Phi) is 44.7. The molecule has 0 rings (SSSR count). The van der Waals surface area contributed by atoms with Crippen molar-refractivity contribution in [2.75, 3.05) is 52.9 Å². The summed E-state index contributed by atoms with van der Waals surface area (Å²) < 4.78 is 43.6. The van der Waals surface area contributed by atoms with Crippen LogP contribution in [0.1, 0.15) is 81.1 Å². The van der Waals surface area contributed by atoms with Gasteiger partial charge in [0.05, 0.1) is 52.9 Å². The van der Waals surface area contributed by atoms with Gasteiger partial charge in [-0.2, -0.15) is 0 Å². The summed E-state index contributed by atoms with van der Waals surface area (Å²) in [6, 6.07) is 0. The Morgan fingerprint density at radius 3 is 0.491 bits per heavy atom. The van der Waals surface area contributed by atoms with Crippen molar-refractivity contribution in [3.63, 3.8) is 0 Å². The van der Waals surface area contributed by atoms with Crippen LogP contribution in [0.15, 0.2) is 101 Å². The van der Waals surface area contributed by atoms with Crippen molar-refractivity contribution >= 4 is 0 Å². The van der Waals surface area contributed by atoms with E-state index >= 15 is 0 Å². The van der Waals surface area contributed by atoms with Gasteiger partial charge in [0, 0.05) is 47.4 Å². The van der Waals surface area contributed by atoms with Crippen LogP contribution in [-0.2, 0) is 59.6 Å². The normalized spacial score (nSPS) is 13.4. The van der Waals surface area contributed by atoms with Gasteiger partial charge in [-0.15, -0.1) is 52.6 Å². The molecule has 0 aliphatic rings. The molecule has 0 spiro atoms. The van der Waals surface area contributed by atoms with Gasteiger partial charge in [-0.1, -0.05) is 76.3 Å². The second-order valence-corrected chi connectivity index (χ2v) is 12.2. The Labute approximate surface area is 361 Å². The van der Waals surface area contributed by atoms with Gasteiger partial charge in [0.2, 0.25) is 0 Å². The van der Waals surface area contributed by atoms with E-state index in [9.17, 15) is 20.4 Å². The van der Waals surface area contributed by atoms with Gasteiger partial charge in [-0.05, 0) is 27.7 Å². The zero-order chi connectivity index (χ0) is 44.1. The first-order chi connectivity index (χ1) is 26.5. The molecule has 4 unspecified atom stereocenters. The average molecular weight is 849 g/mol. The standard InChI is InChI=1S/4C11H20O3.Ti/c4*1-5-8-13-11(7-3,10(4)12)14-9-6-2;/h4*5-6,10,12H,1-2,7-9H2,3-4H3;. The fourth-order valence-corrected chi connectivity index (χ4v) is 4.73. The van der Waals surface area contributed by atoms with E-state index in [0.29, 0.717) is 78.5 Å². The van der Waals surface area contributed by atoms with Crippen molar-refractivity contribution < 1.29 is 80.0 Å². The number of aliphatic hydroxyl groups excluding tert-OH is 4. The Hall–Kier alpha value is -1.85. The maximum atomic E-state index is 9.60. The third-order valence-corrected chi connectivity index (χ3v) is 8.08. The second-order valence-electron chi connectivity index (χ2n) is 12.2. The first-order valence-electron chi connectivity index (χ1n) is 19.2. The van der Waals surface area contributed by atoms with Gasteiger partial charge in [-0.3, -0.25) is 0 Å². The van der Waals surface area contributed by atoms with Gasteiger partial charge in [0.15, 0.2) is 23.1 Å². The number of aliphatic hydroxyl groups is 4. The molecule has 4 atom stereocenters. The quantitative estimate of drug-likeness (QED) is 0.0301. The van der Waals surface area contributed by atoms with E-state index in [1.54, 1.807) is 76.3 Å². The molecule has 0 aromatic heterocycles. The maximum Gasteiger partial charge on any atom is 0.194 e. The van der Waals surface area contributed by atoms with Crippen LogP contribution < -0.4 is 0 Å². The van der Waals surface area contributed by atoms with E-state index in [1.165, 1.54) is 0 Å². The minimum absolute atomic E-state index is 0. The summed E-state index contributed by atoms with van der Waals surface area (Å²) in [6.45, 7) is 45.5. The average Bonchev–Trinajstić information content (AvgIpc) is 3.19. The number of ether oxygens (including phenoxy) is 8. The first kappa shape index (κ1) is 64.3. The minimum atomic E-state index is -0.942. The predicted octanol–water partition coefficient (Wildman–Crippen LogP) is 7.51. The van der Waals surface area contributed by atoms with E-state index in [4.69, 9.17) is 37.9 Å². The van der Waals surface area contributed by atoms with Crippen LogP contribution >= 0.6 is 0 Å². The molecule has 0 saturated carbocycles. The Morgan fingerprint density at radius 1 is 0.333 bits per heavy atom. The third-order valence-electron chi connectivity index (χ3n) is 8.08. The summed E-state index contributed by atoms with van der Waals surface area (Å²) >= 11 is 0. The summed E-state index contributed by atoms with van der Waals surface area (Å²) in [5, 5.41) is 38.4. The van der Waals surface area contributed by atoms with Gasteiger partial charge >= 0.3 is 0 Å². The van der Waals surface area contributed by atoms with Crippen LogP contribution in [0.3, 0.4) is 0 Å². The SMILES string of the molecule is C=CCOC(CC)(OCC=C)C(C)O.C=CCOC(CC)(OCC=C)C(C)O.C=CCOC(CC)(OCC=C)C(C)O.C=CCOC(CC)(OCC=C)C(C)O.[Ti]. The van der Waals surface area contributed by atoms with Gasteiger partial charge < -0.3 is 58.3 Å². The van der Waals surface area contributed by atoms with Crippen molar-refractivity contribution in [2.45, 2.75) is 129 Å². The maximum absolute atomic E-state index is 9.60. The second kappa shape index (κ2) is 39.6. The molecule has 332 valence electrons. The molecule has 57 heavy (non-hydrogen) atoms. The van der Waals surface area contributed by atoms with Gasteiger partial charge in [0.25, 0.3) is 0 Å². The van der Waals surface area contributed by atoms with E-state index < -0.39 is 47.6 Å². The first-order valence-corrected chi connectivity index (χ1v) is 19.2. The van der Waals surface area contributed by atoms with Crippen molar-refractivity contribution in [1.82, 2.24) is 0 Å². The fraction of sp³-hybridized carbons (Fsp3) is 0.636. The molecule has 0 fully saturated rings. The third kappa shape index (κ3) is 26.8. The Balaban J connectivity index is -0.000000210. The molecule has 0 saturated heterocycles. The Morgan fingerprint density at radius 2 is 0.439 bits per heavy atom. The van der Waals surface area contributed by atoms with Crippen LogP contribution in [0.4, 0.5) is 0 Å². The molecular weight excluding hydrogens is 768 g/mol. The van der Waals surface area contributed by atoms with Crippen molar-refractivity contribution in [3.05, 3.63) is 101 Å². The fourth-order valence-electron chi connectivity index (χ4n) is 4.73. The summed E-state index contributed by atoms with van der Waals surface area (Å²) in [5.74, 6) is -3.77. The zero-order valence-corrected chi connectivity index (χ0v) is 38.2. The van der Waals surface area contributed by atoms with Crippen LogP contribution in [0, 0.1) is 0 Å². The molecule has 0 aromatic carbocycles. The van der Waals surface area contributed by atoms with E-state index in [0.717, 1.165) is 0 Å².